The molecule has 0 aliphatic rings. The molecule has 0 saturated carbocycles. The van der Waals surface area contributed by atoms with Crippen LogP contribution in [0.3, 0.4) is 0 Å². The Morgan fingerprint density at radius 2 is 1.61 bits per heavy atom. The number of benzene rings is 2. The normalized spacial score (nSPS) is 11.9. The molecule has 0 atom stereocenters. The third-order valence-corrected chi connectivity index (χ3v) is 8.54. The van der Waals surface area contributed by atoms with Gasteiger partial charge in [-0.3, -0.25) is 13.9 Å². The molecule has 0 radical (unpaired) electrons. The summed E-state index contributed by atoms with van der Waals surface area (Å²) in [5.74, 6) is -1.43. The van der Waals surface area contributed by atoms with Crippen LogP contribution in [-0.2, 0) is 29.7 Å². The van der Waals surface area contributed by atoms with E-state index in [2.05, 4.69) is 20.3 Å². The molecule has 0 spiro atoms. The first-order chi connectivity index (χ1) is 23.3. The second-order valence-electron chi connectivity index (χ2n) is 10.6. The molecule has 2 heterocycles. The van der Waals surface area contributed by atoms with Crippen LogP contribution in [0.25, 0.3) is 44.0 Å². The molecule has 2 aromatic carbocycles. The fraction of sp³-hybridized carbons (Fsp3) is 0.414. The zero-order chi connectivity index (χ0) is 35.4. The topological polar surface area (TPSA) is 265 Å². The van der Waals surface area contributed by atoms with E-state index in [0.29, 0.717) is 47.6 Å². The molecule has 4 rings (SSSR count). The largest absolute Gasteiger partial charge is 0.436 e. The van der Waals surface area contributed by atoms with Crippen molar-refractivity contribution in [2.75, 3.05) is 69.0 Å². The quantitative estimate of drug-likeness (QED) is 0.0296. The number of azide groups is 1. The summed E-state index contributed by atoms with van der Waals surface area (Å²) in [7, 11) is -8.44. The molecule has 4 aromatic rings. The van der Waals surface area contributed by atoms with Gasteiger partial charge in [-0.15, -0.1) is 0 Å². The van der Waals surface area contributed by atoms with Crippen LogP contribution < -0.4 is 15.8 Å². The van der Waals surface area contributed by atoms with Crippen molar-refractivity contribution in [1.82, 2.24) is 10.3 Å². The smallest absolute Gasteiger partial charge is 0.349 e. The van der Waals surface area contributed by atoms with E-state index in [9.17, 15) is 26.4 Å². The summed E-state index contributed by atoms with van der Waals surface area (Å²) in [6.07, 6.45) is 0.0558. The first-order valence-electron chi connectivity index (χ1n) is 14.9. The minimum absolute atomic E-state index is 0.0273. The lowest BCUT2D eigenvalue weighted by atomic mass is 10.1. The molecule has 2 aromatic heterocycles. The molecule has 20 heteroatoms. The predicted octanol–water partition coefficient (Wildman–Crippen LogP) is 3.04. The zero-order valence-electron chi connectivity index (χ0n) is 26.1. The number of hydrogen-bond acceptors (Lipinski definition) is 13. The Kier molecular flexibility index (Phi) is 13.1. The van der Waals surface area contributed by atoms with Crippen LogP contribution in [0.2, 0.25) is 0 Å². The van der Waals surface area contributed by atoms with Gasteiger partial charge in [0, 0.05) is 53.8 Å². The second kappa shape index (κ2) is 17.2. The highest BCUT2D eigenvalue weighted by Crippen LogP contribution is 2.28. The van der Waals surface area contributed by atoms with E-state index in [1.807, 2.05) is 0 Å². The summed E-state index contributed by atoms with van der Waals surface area (Å²) in [5, 5.41) is 6.59. The highest BCUT2D eigenvalue weighted by Gasteiger charge is 2.18. The number of rotatable bonds is 20. The average Bonchev–Trinajstić information content (AvgIpc) is 3.46. The number of amides is 1. The number of nitrogens with one attached hydrogen (secondary N) is 1. The van der Waals surface area contributed by atoms with Crippen molar-refractivity contribution >= 4 is 53.9 Å². The zero-order valence-corrected chi connectivity index (χ0v) is 27.7. The molecular weight excluding hydrogens is 688 g/mol. The first-order valence-corrected chi connectivity index (χ1v) is 18.1. The second-order valence-corrected chi connectivity index (χ2v) is 13.7. The molecule has 0 aliphatic carbocycles. The SMILES string of the molecule is [N-]=[N+]=NCCOCCOCCNC(=O)c1ccc2oc(-c3cc4ccc(N(CCCS(=O)(=O)O)CCCS(=O)(=O)O)cc4oc3=O)nc2c1. The summed E-state index contributed by atoms with van der Waals surface area (Å²) in [4.78, 5) is 34.3. The highest BCUT2D eigenvalue weighted by atomic mass is 32.2. The third-order valence-electron chi connectivity index (χ3n) is 6.93. The van der Waals surface area contributed by atoms with Crippen molar-refractivity contribution in [3.05, 3.63) is 68.9 Å². The maximum Gasteiger partial charge on any atom is 0.349 e. The molecule has 18 nitrogen and oxygen atoms in total. The summed E-state index contributed by atoms with van der Waals surface area (Å²) < 4.78 is 84.9. The van der Waals surface area contributed by atoms with Crippen molar-refractivity contribution in [2.24, 2.45) is 5.11 Å². The van der Waals surface area contributed by atoms with Crippen LogP contribution >= 0.6 is 0 Å². The molecule has 3 N–H and O–H groups in total. The van der Waals surface area contributed by atoms with Crippen molar-refractivity contribution in [3.63, 3.8) is 0 Å². The Labute approximate surface area is 280 Å². The monoisotopic (exact) mass is 722 g/mol. The first kappa shape index (κ1) is 37.3. The Balaban J connectivity index is 1.43. The van der Waals surface area contributed by atoms with E-state index < -0.39 is 37.4 Å². The van der Waals surface area contributed by atoms with Gasteiger partial charge in [0.15, 0.2) is 5.58 Å². The fourth-order valence-electron chi connectivity index (χ4n) is 4.69. The number of nitrogens with zero attached hydrogens (tertiary/aromatic N) is 5. The van der Waals surface area contributed by atoms with Crippen molar-refractivity contribution in [2.45, 2.75) is 12.8 Å². The summed E-state index contributed by atoms with van der Waals surface area (Å²) in [6, 6.07) is 11.0. The van der Waals surface area contributed by atoms with Gasteiger partial charge >= 0.3 is 5.63 Å². The molecular formula is C29H34N6O12S2. The Hall–Kier alpha value is -4.56. The Morgan fingerprint density at radius 1 is 0.918 bits per heavy atom. The van der Waals surface area contributed by atoms with Crippen molar-refractivity contribution in [1.29, 1.82) is 0 Å². The number of anilines is 1. The van der Waals surface area contributed by atoms with Crippen LogP contribution in [0.4, 0.5) is 5.69 Å². The molecule has 0 saturated heterocycles. The van der Waals surface area contributed by atoms with Crippen LogP contribution in [0, 0.1) is 0 Å². The molecule has 1 amide bonds. The standard InChI is InChI=1S/C29H34N6O12S2/c30-34-32-8-12-45-14-13-44-11-7-31-27(36)21-4-6-25-24(18-21)33-28(46-25)23-17-20-3-5-22(19-26(20)47-29(23)37)35(9-1-15-48(38,39)40)10-2-16-49(41,42)43/h3-6,17-19H,1-2,7-16H2,(H,31,36)(H,38,39,40)(H,41,42,43). The number of oxazole rings is 1. The molecule has 0 fully saturated rings. The van der Waals surface area contributed by atoms with Gasteiger partial charge in [0.05, 0.1) is 37.9 Å². The number of fused-ring (bicyclic) bond motifs is 2. The third kappa shape index (κ3) is 11.8. The fourth-order valence-corrected chi connectivity index (χ4v) is 5.67. The Morgan fingerprint density at radius 3 is 2.29 bits per heavy atom. The number of carbonyl (C=O) groups is 1. The van der Waals surface area contributed by atoms with Gasteiger partial charge in [-0.1, -0.05) is 5.11 Å². The van der Waals surface area contributed by atoms with E-state index in [0.717, 1.165) is 0 Å². The lowest BCUT2D eigenvalue weighted by molar-refractivity contribution is 0.0511. The number of hydrogen-bond donors (Lipinski definition) is 3. The van der Waals surface area contributed by atoms with Crippen molar-refractivity contribution in [3.8, 4) is 11.5 Å². The van der Waals surface area contributed by atoms with Crippen LogP contribution in [0.15, 0.2) is 61.2 Å². The van der Waals surface area contributed by atoms with Crippen LogP contribution in [0.1, 0.15) is 23.2 Å². The molecule has 49 heavy (non-hydrogen) atoms. The minimum atomic E-state index is -4.22. The van der Waals surface area contributed by atoms with Gasteiger partial charge in [0.1, 0.15) is 16.7 Å². The number of aromatic nitrogens is 1. The highest BCUT2D eigenvalue weighted by molar-refractivity contribution is 7.86. The van der Waals surface area contributed by atoms with E-state index in [1.54, 1.807) is 29.2 Å². The maximum absolute atomic E-state index is 13.0. The lowest BCUT2D eigenvalue weighted by Gasteiger charge is -2.24. The molecule has 0 aliphatic heterocycles. The van der Waals surface area contributed by atoms with Crippen LogP contribution in [0.5, 0.6) is 0 Å². The lowest BCUT2D eigenvalue weighted by Crippen LogP contribution is -2.28. The summed E-state index contributed by atoms with van der Waals surface area (Å²) in [6.45, 7) is 1.88. The van der Waals surface area contributed by atoms with Gasteiger partial charge in [0.2, 0.25) is 5.89 Å². The average molecular weight is 723 g/mol. The number of ether oxygens (including phenoxy) is 2. The molecule has 264 valence electrons. The summed E-state index contributed by atoms with van der Waals surface area (Å²) in [5.41, 5.74) is 9.11. The van der Waals surface area contributed by atoms with Gasteiger partial charge < -0.3 is 28.5 Å². The predicted molar refractivity (Wildman–Crippen MR) is 178 cm³/mol. The van der Waals surface area contributed by atoms with E-state index >= 15 is 0 Å². The maximum atomic E-state index is 13.0. The van der Waals surface area contributed by atoms with E-state index in [1.165, 1.54) is 18.2 Å². The van der Waals surface area contributed by atoms with Gasteiger partial charge in [0.25, 0.3) is 26.1 Å². The minimum Gasteiger partial charge on any atom is -0.436 e. The van der Waals surface area contributed by atoms with Gasteiger partial charge in [-0.05, 0) is 54.8 Å². The van der Waals surface area contributed by atoms with Crippen molar-refractivity contribution < 1.29 is 49.0 Å². The van der Waals surface area contributed by atoms with Gasteiger partial charge in [-0.2, -0.15) is 16.8 Å². The van der Waals surface area contributed by atoms with E-state index in [-0.39, 0.29) is 68.6 Å². The molecule has 0 unspecified atom stereocenters. The van der Waals surface area contributed by atoms with Gasteiger partial charge in [-0.25, -0.2) is 9.78 Å². The van der Waals surface area contributed by atoms with E-state index in [4.69, 9.17) is 32.9 Å². The summed E-state index contributed by atoms with van der Waals surface area (Å²) >= 11 is 0. The number of carbonyl (C=O) groups excluding carboxylic acids is 1. The molecule has 0 bridgehead atoms. The Bertz CT molecular complexity index is 2060. The van der Waals surface area contributed by atoms with Crippen LogP contribution in [-0.4, -0.2) is 101 Å².